The van der Waals surface area contributed by atoms with Crippen molar-refractivity contribution >= 4 is 17.6 Å². The summed E-state index contributed by atoms with van der Waals surface area (Å²) in [6.07, 6.45) is 0.240. The Labute approximate surface area is 215 Å². The summed E-state index contributed by atoms with van der Waals surface area (Å²) < 4.78 is 16.8. The highest BCUT2D eigenvalue weighted by molar-refractivity contribution is 5.87. The summed E-state index contributed by atoms with van der Waals surface area (Å²) in [5.41, 5.74) is 2.52. The first-order valence-corrected chi connectivity index (χ1v) is 11.6. The molecule has 0 radical (unpaired) electrons. The third kappa shape index (κ3) is 7.64. The molecule has 0 aliphatic carbocycles. The first-order valence-electron chi connectivity index (χ1n) is 11.6. The average Bonchev–Trinajstić information content (AvgIpc) is 2.93. The third-order valence-electron chi connectivity index (χ3n) is 5.52. The summed E-state index contributed by atoms with van der Waals surface area (Å²) in [6.45, 7) is 0.442. The van der Waals surface area contributed by atoms with Crippen molar-refractivity contribution < 1.29 is 28.9 Å². The van der Waals surface area contributed by atoms with Gasteiger partial charge in [0.1, 0.15) is 11.8 Å². The number of aliphatic carboxylic acids is 1. The number of nitrogens with one attached hydrogen (secondary N) is 2. The zero-order valence-electron chi connectivity index (χ0n) is 20.7. The van der Waals surface area contributed by atoms with E-state index in [2.05, 4.69) is 16.7 Å². The lowest BCUT2D eigenvalue weighted by Gasteiger charge is -2.24. The van der Waals surface area contributed by atoms with Crippen molar-refractivity contribution in [2.75, 3.05) is 26.1 Å². The first-order chi connectivity index (χ1) is 17.9. The van der Waals surface area contributed by atoms with Gasteiger partial charge in [-0.25, -0.2) is 0 Å². The lowest BCUT2D eigenvalue weighted by Crippen LogP contribution is -2.33. The maximum atomic E-state index is 13.5. The van der Waals surface area contributed by atoms with Crippen LogP contribution in [0.25, 0.3) is 0 Å². The van der Waals surface area contributed by atoms with E-state index in [0.717, 1.165) is 5.56 Å². The number of methoxy groups -OCH3 is 2. The molecule has 0 saturated carbocycles. The van der Waals surface area contributed by atoms with Crippen molar-refractivity contribution in [3.8, 4) is 23.3 Å². The number of carbonyl (C=O) groups excluding carboxylic acids is 1. The summed E-state index contributed by atoms with van der Waals surface area (Å²) in [6, 6.07) is 20.7. The van der Waals surface area contributed by atoms with Gasteiger partial charge in [-0.2, -0.15) is 5.26 Å². The van der Waals surface area contributed by atoms with Crippen molar-refractivity contribution in [2.24, 2.45) is 0 Å². The van der Waals surface area contributed by atoms with Gasteiger partial charge < -0.3 is 30.0 Å². The number of ether oxygens (including phenoxy) is 3. The fraction of sp³-hybridized carbons (Fsp3) is 0.250. The van der Waals surface area contributed by atoms with E-state index in [1.165, 1.54) is 14.2 Å². The van der Waals surface area contributed by atoms with E-state index in [0.29, 0.717) is 40.6 Å². The molecule has 1 amide bonds. The van der Waals surface area contributed by atoms with E-state index in [-0.39, 0.29) is 25.4 Å². The smallest absolute Gasteiger partial charge is 0.303 e. The molecule has 9 heteroatoms. The number of carboxylic acid groups (broad SMARTS) is 1. The number of benzene rings is 3. The Morgan fingerprint density at radius 2 is 1.65 bits per heavy atom. The maximum absolute atomic E-state index is 13.5. The minimum absolute atomic E-state index is 0.0485. The molecule has 192 valence electrons. The first kappa shape index (κ1) is 26.9. The van der Waals surface area contributed by atoms with Crippen LogP contribution in [-0.2, 0) is 16.1 Å². The number of amides is 1. The van der Waals surface area contributed by atoms with E-state index >= 15 is 0 Å². The lowest BCUT2D eigenvalue weighted by atomic mass is 10.0. The van der Waals surface area contributed by atoms with Gasteiger partial charge in [0.15, 0.2) is 11.5 Å². The highest BCUT2D eigenvalue weighted by Crippen LogP contribution is 2.39. The van der Waals surface area contributed by atoms with Gasteiger partial charge in [0, 0.05) is 30.3 Å². The highest BCUT2D eigenvalue weighted by atomic mass is 16.5. The Morgan fingerprint density at radius 3 is 2.27 bits per heavy atom. The molecule has 0 fully saturated rings. The summed E-state index contributed by atoms with van der Waals surface area (Å²) in [5, 5.41) is 24.3. The molecule has 0 spiro atoms. The largest absolute Gasteiger partial charge is 0.493 e. The second kappa shape index (κ2) is 13.4. The molecule has 0 bridgehead atoms. The summed E-state index contributed by atoms with van der Waals surface area (Å²) in [5.74, 6) is -0.0872. The molecule has 1 atom stereocenters. The predicted octanol–water partition coefficient (Wildman–Crippen LogP) is 4.29. The van der Waals surface area contributed by atoms with Crippen LogP contribution in [0.3, 0.4) is 0 Å². The van der Waals surface area contributed by atoms with Crippen molar-refractivity contribution in [2.45, 2.75) is 25.4 Å². The molecule has 3 N–H and O–H groups in total. The number of hydrogen-bond acceptors (Lipinski definition) is 7. The molecule has 3 rings (SSSR count). The number of rotatable bonds is 13. The molecule has 0 aromatic heterocycles. The summed E-state index contributed by atoms with van der Waals surface area (Å²) in [4.78, 5) is 24.5. The van der Waals surface area contributed by atoms with E-state index in [9.17, 15) is 9.59 Å². The van der Waals surface area contributed by atoms with E-state index < -0.39 is 12.0 Å². The fourth-order valence-corrected chi connectivity index (χ4v) is 3.61. The number of nitriles is 1. The van der Waals surface area contributed by atoms with Gasteiger partial charge in [0.2, 0.25) is 5.91 Å². The van der Waals surface area contributed by atoms with E-state index in [1.807, 2.05) is 30.3 Å². The minimum atomic E-state index is -0.920. The Balaban J connectivity index is 1.97. The molecule has 0 aliphatic heterocycles. The third-order valence-corrected chi connectivity index (χ3v) is 5.52. The number of carboxylic acids is 1. The second-order valence-corrected chi connectivity index (χ2v) is 8.06. The van der Waals surface area contributed by atoms with Gasteiger partial charge in [0.25, 0.3) is 0 Å². The normalized spacial score (nSPS) is 11.1. The number of nitrogens with zero attached hydrogens (tertiary/aromatic N) is 1. The van der Waals surface area contributed by atoms with E-state index in [1.54, 1.807) is 36.4 Å². The molecular weight excluding hydrogens is 474 g/mol. The Hall–Kier alpha value is -4.71. The van der Waals surface area contributed by atoms with Gasteiger partial charge in [-0.1, -0.05) is 30.3 Å². The van der Waals surface area contributed by atoms with Crippen LogP contribution in [0.15, 0.2) is 66.7 Å². The summed E-state index contributed by atoms with van der Waals surface area (Å²) >= 11 is 0. The van der Waals surface area contributed by atoms with Crippen LogP contribution in [0, 0.1) is 11.3 Å². The maximum Gasteiger partial charge on any atom is 0.303 e. The molecular formula is C28H29N3O6. The minimum Gasteiger partial charge on any atom is -0.493 e. The Kier molecular flexibility index (Phi) is 9.74. The van der Waals surface area contributed by atoms with Crippen LogP contribution in [0.1, 0.15) is 35.6 Å². The zero-order chi connectivity index (χ0) is 26.6. The number of hydrogen-bond donors (Lipinski definition) is 3. The fourth-order valence-electron chi connectivity index (χ4n) is 3.61. The standard InChI is InChI=1S/C28H29N3O6/c1-35-24-15-22(23(16-25(24)36-2)37-14-6-9-26(32)33)27(31-21-12-10-19(17-29)11-13-21)28(34)30-18-20-7-4-3-5-8-20/h3-5,7-8,10-13,15-16,27,31H,6,9,14,18H2,1-2H3,(H,30,34)(H,32,33). The van der Waals surface area contributed by atoms with Crippen LogP contribution in [0.5, 0.6) is 17.2 Å². The highest BCUT2D eigenvalue weighted by Gasteiger charge is 2.27. The van der Waals surface area contributed by atoms with Gasteiger partial charge in [-0.3, -0.25) is 9.59 Å². The predicted molar refractivity (Wildman–Crippen MR) is 138 cm³/mol. The van der Waals surface area contributed by atoms with Crippen molar-refractivity contribution in [3.05, 3.63) is 83.4 Å². The van der Waals surface area contributed by atoms with Gasteiger partial charge in [-0.15, -0.1) is 0 Å². The number of carbonyl (C=O) groups is 2. The summed E-state index contributed by atoms with van der Waals surface area (Å²) in [7, 11) is 2.98. The molecule has 37 heavy (non-hydrogen) atoms. The molecule has 0 saturated heterocycles. The second-order valence-electron chi connectivity index (χ2n) is 8.06. The monoisotopic (exact) mass is 503 g/mol. The molecule has 3 aromatic carbocycles. The molecule has 9 nitrogen and oxygen atoms in total. The average molecular weight is 504 g/mol. The molecule has 1 unspecified atom stereocenters. The van der Waals surface area contributed by atoms with Crippen molar-refractivity contribution in [1.29, 1.82) is 5.26 Å². The van der Waals surface area contributed by atoms with Crippen molar-refractivity contribution in [1.82, 2.24) is 5.32 Å². The molecule has 0 aliphatic rings. The van der Waals surface area contributed by atoms with Gasteiger partial charge in [-0.05, 0) is 42.3 Å². The van der Waals surface area contributed by atoms with Gasteiger partial charge >= 0.3 is 5.97 Å². The molecule has 3 aromatic rings. The van der Waals surface area contributed by atoms with Crippen LogP contribution in [0.2, 0.25) is 0 Å². The Morgan fingerprint density at radius 1 is 0.973 bits per heavy atom. The van der Waals surface area contributed by atoms with Crippen LogP contribution in [-0.4, -0.2) is 37.8 Å². The van der Waals surface area contributed by atoms with Crippen LogP contribution < -0.4 is 24.8 Å². The quantitative estimate of drug-likeness (QED) is 0.295. The Bertz CT molecular complexity index is 1240. The van der Waals surface area contributed by atoms with Crippen molar-refractivity contribution in [3.63, 3.8) is 0 Å². The molecule has 0 heterocycles. The van der Waals surface area contributed by atoms with E-state index in [4.69, 9.17) is 24.6 Å². The zero-order valence-corrected chi connectivity index (χ0v) is 20.7. The van der Waals surface area contributed by atoms with Crippen LogP contribution >= 0.6 is 0 Å². The topological polar surface area (TPSA) is 130 Å². The number of anilines is 1. The SMILES string of the molecule is COc1cc(OCCCC(=O)O)c(C(Nc2ccc(C#N)cc2)C(=O)NCc2ccccc2)cc1OC. The van der Waals surface area contributed by atoms with Gasteiger partial charge in [0.05, 0.1) is 32.5 Å². The van der Waals surface area contributed by atoms with Crippen LogP contribution in [0.4, 0.5) is 5.69 Å². The lowest BCUT2D eigenvalue weighted by molar-refractivity contribution is -0.137.